The fourth-order valence-corrected chi connectivity index (χ4v) is 2.07. The van der Waals surface area contributed by atoms with E-state index < -0.39 is 0 Å². The van der Waals surface area contributed by atoms with Crippen LogP contribution in [0, 0.1) is 0 Å². The summed E-state index contributed by atoms with van der Waals surface area (Å²) in [5, 5.41) is 0.415. The number of benzene rings is 1. The highest BCUT2D eigenvalue weighted by Crippen LogP contribution is 2.25. The Hall–Kier alpha value is -1.87. The molecule has 84 valence electrons. The molecule has 0 radical (unpaired) electrons. The minimum absolute atomic E-state index is 0.415. The lowest BCUT2D eigenvalue weighted by Gasteiger charge is -2.02. The van der Waals surface area contributed by atoms with E-state index in [1.807, 2.05) is 35.9 Å². The second-order valence-electron chi connectivity index (χ2n) is 3.86. The topological polar surface area (TPSA) is 30.7 Å². The molecular weight excluding hydrogens is 234 g/mol. The summed E-state index contributed by atoms with van der Waals surface area (Å²) in [7, 11) is 1.97. The van der Waals surface area contributed by atoms with Gasteiger partial charge in [0.1, 0.15) is 10.7 Å². The number of fused-ring (bicyclic) bond motifs is 1. The van der Waals surface area contributed by atoms with Crippen LogP contribution >= 0.6 is 11.6 Å². The average molecular weight is 244 g/mol. The second kappa shape index (κ2) is 3.86. The Morgan fingerprint density at radius 2 is 1.94 bits per heavy atom. The zero-order valence-corrected chi connectivity index (χ0v) is 10.0. The van der Waals surface area contributed by atoms with Crippen LogP contribution in [0.5, 0.6) is 0 Å². The van der Waals surface area contributed by atoms with Crippen LogP contribution in [0.25, 0.3) is 22.4 Å². The Bertz CT molecular complexity index is 674. The molecule has 0 unspecified atom stereocenters. The van der Waals surface area contributed by atoms with E-state index in [4.69, 9.17) is 11.6 Å². The molecule has 2 heterocycles. The van der Waals surface area contributed by atoms with Crippen LogP contribution in [0.2, 0.25) is 5.15 Å². The number of rotatable bonds is 1. The van der Waals surface area contributed by atoms with Gasteiger partial charge in [0.25, 0.3) is 0 Å². The minimum Gasteiger partial charge on any atom is -0.327 e. The maximum absolute atomic E-state index is 5.86. The zero-order chi connectivity index (χ0) is 11.8. The maximum Gasteiger partial charge on any atom is 0.160 e. The molecule has 0 amide bonds. The summed E-state index contributed by atoms with van der Waals surface area (Å²) in [5.74, 6) is 0. The lowest BCUT2D eigenvalue weighted by atomic mass is 10.1. The molecular formula is C13H10ClN3. The smallest absolute Gasteiger partial charge is 0.160 e. The third-order valence-electron chi connectivity index (χ3n) is 2.77. The maximum atomic E-state index is 5.86. The van der Waals surface area contributed by atoms with Gasteiger partial charge in [-0.2, -0.15) is 0 Å². The highest BCUT2D eigenvalue weighted by molar-refractivity contribution is 6.29. The highest BCUT2D eigenvalue weighted by atomic mass is 35.5. The molecule has 3 rings (SSSR count). The Kier molecular flexibility index (Phi) is 2.34. The Morgan fingerprint density at radius 1 is 1.18 bits per heavy atom. The van der Waals surface area contributed by atoms with Crippen LogP contribution in [-0.2, 0) is 7.05 Å². The molecule has 0 saturated carbocycles. The van der Waals surface area contributed by atoms with Crippen LogP contribution in [0.3, 0.4) is 0 Å². The van der Waals surface area contributed by atoms with E-state index in [2.05, 4.69) is 22.1 Å². The Balaban J connectivity index is 2.28. The SMILES string of the molecule is Cn1c(-c2ccccc2)cc2ncc(Cl)nc21. The van der Waals surface area contributed by atoms with Crippen molar-refractivity contribution in [1.82, 2.24) is 14.5 Å². The van der Waals surface area contributed by atoms with Gasteiger partial charge in [0.2, 0.25) is 0 Å². The molecule has 4 heteroatoms. The summed E-state index contributed by atoms with van der Waals surface area (Å²) in [6, 6.07) is 12.2. The summed E-state index contributed by atoms with van der Waals surface area (Å²) in [6.07, 6.45) is 1.57. The van der Waals surface area contributed by atoms with Gasteiger partial charge >= 0.3 is 0 Å². The molecule has 0 aliphatic carbocycles. The third kappa shape index (κ3) is 1.68. The lowest BCUT2D eigenvalue weighted by Crippen LogP contribution is -1.93. The van der Waals surface area contributed by atoms with Crippen molar-refractivity contribution in [3.05, 3.63) is 47.7 Å². The quantitative estimate of drug-likeness (QED) is 0.657. The van der Waals surface area contributed by atoms with Crippen LogP contribution in [-0.4, -0.2) is 14.5 Å². The van der Waals surface area contributed by atoms with E-state index in [1.54, 1.807) is 6.20 Å². The molecule has 0 bridgehead atoms. The molecule has 0 atom stereocenters. The van der Waals surface area contributed by atoms with Crippen LogP contribution in [0.1, 0.15) is 0 Å². The first-order chi connectivity index (χ1) is 8.25. The average Bonchev–Trinajstić information content (AvgIpc) is 2.68. The van der Waals surface area contributed by atoms with E-state index in [9.17, 15) is 0 Å². The molecule has 0 saturated heterocycles. The van der Waals surface area contributed by atoms with Crippen molar-refractivity contribution in [3.8, 4) is 11.3 Å². The van der Waals surface area contributed by atoms with Gasteiger partial charge in [-0.1, -0.05) is 41.9 Å². The molecule has 3 nitrogen and oxygen atoms in total. The van der Waals surface area contributed by atoms with Gasteiger partial charge in [-0.25, -0.2) is 9.97 Å². The monoisotopic (exact) mass is 243 g/mol. The molecule has 1 aromatic carbocycles. The fourth-order valence-electron chi connectivity index (χ4n) is 1.94. The number of aryl methyl sites for hydroxylation is 1. The summed E-state index contributed by atoms with van der Waals surface area (Å²) in [6.45, 7) is 0. The van der Waals surface area contributed by atoms with Crippen molar-refractivity contribution in [2.24, 2.45) is 7.05 Å². The first-order valence-electron chi connectivity index (χ1n) is 5.29. The second-order valence-corrected chi connectivity index (χ2v) is 4.24. The molecule has 3 aromatic rings. The van der Waals surface area contributed by atoms with Crippen molar-refractivity contribution in [1.29, 1.82) is 0 Å². The van der Waals surface area contributed by atoms with Gasteiger partial charge in [-0.3, -0.25) is 0 Å². The summed E-state index contributed by atoms with van der Waals surface area (Å²) in [5.41, 5.74) is 3.89. The van der Waals surface area contributed by atoms with Crippen molar-refractivity contribution >= 4 is 22.8 Å². The molecule has 0 aliphatic rings. The summed E-state index contributed by atoms with van der Waals surface area (Å²) in [4.78, 5) is 8.56. The van der Waals surface area contributed by atoms with Crippen LogP contribution in [0.15, 0.2) is 42.6 Å². The van der Waals surface area contributed by atoms with E-state index in [-0.39, 0.29) is 0 Å². The first-order valence-corrected chi connectivity index (χ1v) is 5.67. The van der Waals surface area contributed by atoms with Gasteiger partial charge < -0.3 is 4.57 Å². The van der Waals surface area contributed by atoms with Gasteiger partial charge in [0.05, 0.1) is 11.9 Å². The molecule has 0 spiro atoms. The normalized spacial score (nSPS) is 10.9. The molecule has 0 fully saturated rings. The molecule has 0 aliphatic heterocycles. The lowest BCUT2D eigenvalue weighted by molar-refractivity contribution is 0.955. The van der Waals surface area contributed by atoms with Crippen molar-refractivity contribution in [2.75, 3.05) is 0 Å². The fraction of sp³-hybridized carbons (Fsp3) is 0.0769. The number of hydrogen-bond acceptors (Lipinski definition) is 2. The van der Waals surface area contributed by atoms with Crippen molar-refractivity contribution in [2.45, 2.75) is 0 Å². The number of aromatic nitrogens is 3. The Morgan fingerprint density at radius 3 is 2.71 bits per heavy atom. The first kappa shape index (κ1) is 10.3. The number of halogens is 1. The van der Waals surface area contributed by atoms with E-state index in [1.165, 1.54) is 0 Å². The predicted molar refractivity (Wildman–Crippen MR) is 69.0 cm³/mol. The Labute approximate surface area is 104 Å². The molecule has 17 heavy (non-hydrogen) atoms. The van der Waals surface area contributed by atoms with Crippen LogP contribution in [0.4, 0.5) is 0 Å². The predicted octanol–water partition coefficient (Wildman–Crippen LogP) is 3.29. The van der Waals surface area contributed by atoms with Gasteiger partial charge in [-0.05, 0) is 11.6 Å². The molecule has 2 aromatic heterocycles. The summed E-state index contributed by atoms with van der Waals surface area (Å²) < 4.78 is 2.00. The van der Waals surface area contributed by atoms with Gasteiger partial charge in [0.15, 0.2) is 5.65 Å². The van der Waals surface area contributed by atoms with E-state index in [0.29, 0.717) is 5.15 Å². The van der Waals surface area contributed by atoms with E-state index in [0.717, 1.165) is 22.4 Å². The van der Waals surface area contributed by atoms with Crippen LogP contribution < -0.4 is 0 Å². The number of hydrogen-bond donors (Lipinski definition) is 0. The largest absolute Gasteiger partial charge is 0.327 e. The minimum atomic E-state index is 0.415. The van der Waals surface area contributed by atoms with E-state index >= 15 is 0 Å². The zero-order valence-electron chi connectivity index (χ0n) is 9.26. The number of nitrogens with zero attached hydrogens (tertiary/aromatic N) is 3. The van der Waals surface area contributed by atoms with Gasteiger partial charge in [0, 0.05) is 7.05 Å². The highest BCUT2D eigenvalue weighted by Gasteiger charge is 2.09. The standard InChI is InChI=1S/C13H10ClN3/c1-17-11(9-5-3-2-4-6-9)7-10-13(17)16-12(14)8-15-10/h2-8H,1H3. The summed E-state index contributed by atoms with van der Waals surface area (Å²) >= 11 is 5.86. The van der Waals surface area contributed by atoms with Crippen molar-refractivity contribution < 1.29 is 0 Å². The van der Waals surface area contributed by atoms with Crippen molar-refractivity contribution in [3.63, 3.8) is 0 Å². The molecule has 0 N–H and O–H groups in total. The van der Waals surface area contributed by atoms with Gasteiger partial charge in [-0.15, -0.1) is 0 Å². The third-order valence-corrected chi connectivity index (χ3v) is 2.96.